The molecule has 1 saturated carbocycles. The number of phenols is 1. The number of aliphatic hydroxyl groups is 4. The number of Topliss-reactive ketones (excluding diaryl/α,β-unsaturated/α-hetero) is 2. The third kappa shape index (κ3) is 2.19. The molecule has 4 atom stereocenters. The molecule has 1 amide bonds. The monoisotopic (exact) mass is 401 g/mol. The van der Waals surface area contributed by atoms with Crippen molar-refractivity contribution in [1.82, 2.24) is 0 Å². The summed E-state index contributed by atoms with van der Waals surface area (Å²) in [4.78, 5) is 37.2. The van der Waals surface area contributed by atoms with Crippen LogP contribution in [0.25, 0.3) is 5.76 Å². The lowest BCUT2D eigenvalue weighted by Gasteiger charge is -2.50. The van der Waals surface area contributed by atoms with Crippen molar-refractivity contribution in [3.05, 3.63) is 46.2 Å². The van der Waals surface area contributed by atoms with Gasteiger partial charge in [0.2, 0.25) is 5.78 Å². The summed E-state index contributed by atoms with van der Waals surface area (Å²) in [5.74, 6) is -7.61. The Morgan fingerprint density at radius 3 is 2.45 bits per heavy atom. The zero-order chi connectivity index (χ0) is 21.5. The Morgan fingerprint density at radius 2 is 1.83 bits per heavy atom. The molecule has 9 heteroatoms. The van der Waals surface area contributed by atoms with Crippen molar-refractivity contribution in [2.24, 2.45) is 17.6 Å². The highest BCUT2D eigenvalue weighted by atomic mass is 16.3. The summed E-state index contributed by atoms with van der Waals surface area (Å²) in [6.07, 6.45) is -0.594. The van der Waals surface area contributed by atoms with Crippen molar-refractivity contribution < 1.29 is 39.9 Å². The highest BCUT2D eigenvalue weighted by Gasteiger charge is 2.63. The molecule has 152 valence electrons. The second-order valence-corrected chi connectivity index (χ2v) is 7.91. The molecule has 3 aliphatic carbocycles. The van der Waals surface area contributed by atoms with E-state index in [9.17, 15) is 39.9 Å². The van der Waals surface area contributed by atoms with Gasteiger partial charge >= 0.3 is 0 Å². The van der Waals surface area contributed by atoms with Crippen LogP contribution in [0.3, 0.4) is 0 Å². The quantitative estimate of drug-likeness (QED) is 0.358. The van der Waals surface area contributed by atoms with Gasteiger partial charge in [0, 0.05) is 23.8 Å². The molecule has 0 aliphatic heterocycles. The van der Waals surface area contributed by atoms with E-state index in [-0.39, 0.29) is 23.3 Å². The number of aliphatic hydroxyl groups excluding tert-OH is 2. The molecule has 0 aromatic heterocycles. The third-order valence-corrected chi connectivity index (χ3v) is 6.36. The molecule has 0 spiro atoms. The van der Waals surface area contributed by atoms with Crippen LogP contribution in [0.2, 0.25) is 0 Å². The Kier molecular flexibility index (Phi) is 3.75. The van der Waals surface area contributed by atoms with E-state index in [2.05, 4.69) is 0 Å². The van der Waals surface area contributed by atoms with Gasteiger partial charge in [-0.15, -0.1) is 0 Å². The van der Waals surface area contributed by atoms with E-state index in [1.54, 1.807) is 0 Å². The summed E-state index contributed by atoms with van der Waals surface area (Å²) in [6.45, 7) is 1.40. The second kappa shape index (κ2) is 5.68. The number of ketones is 2. The number of aromatic hydroxyl groups is 1. The fraction of sp³-hybridized carbons (Fsp3) is 0.350. The fourth-order valence-corrected chi connectivity index (χ4v) is 4.87. The minimum absolute atomic E-state index is 0.147. The number of fused-ring (bicyclic) bond motifs is 3. The largest absolute Gasteiger partial charge is 0.508 e. The molecular formula is C20H19NO8. The first kappa shape index (κ1) is 19.2. The fourth-order valence-electron chi connectivity index (χ4n) is 4.87. The molecule has 0 radical (unpaired) electrons. The van der Waals surface area contributed by atoms with E-state index in [4.69, 9.17) is 5.73 Å². The average molecular weight is 401 g/mol. The molecule has 0 unspecified atom stereocenters. The van der Waals surface area contributed by atoms with Gasteiger partial charge in [0.15, 0.2) is 11.4 Å². The topological polar surface area (TPSA) is 178 Å². The molecule has 0 heterocycles. The smallest absolute Gasteiger partial charge is 0.255 e. The van der Waals surface area contributed by atoms with Crippen molar-refractivity contribution in [3.63, 3.8) is 0 Å². The summed E-state index contributed by atoms with van der Waals surface area (Å²) >= 11 is 0. The maximum absolute atomic E-state index is 13.3. The molecule has 9 nitrogen and oxygen atoms in total. The summed E-state index contributed by atoms with van der Waals surface area (Å²) in [5.41, 5.74) is -0.491. The van der Waals surface area contributed by atoms with Crippen LogP contribution in [0.5, 0.6) is 5.75 Å². The summed E-state index contributed by atoms with van der Waals surface area (Å²) in [7, 11) is 0. The minimum atomic E-state index is -2.66. The number of hydrogen-bond acceptors (Lipinski definition) is 8. The minimum Gasteiger partial charge on any atom is -0.508 e. The van der Waals surface area contributed by atoms with Crippen LogP contribution in [0, 0.1) is 11.8 Å². The number of carbonyl (C=O) groups excluding carboxylic acids is 3. The number of rotatable bonds is 1. The maximum Gasteiger partial charge on any atom is 0.255 e. The normalized spacial score (nSPS) is 33.9. The highest BCUT2D eigenvalue weighted by Crippen LogP contribution is 2.56. The SMILES string of the molecule is C[C@]1(O)c2cccc(O)c2C(O)=C2C(=O)[C@]3(O)C(O)=C(C(N)=O)C(=O)C[C@@H]3C[C@@H]21. The summed E-state index contributed by atoms with van der Waals surface area (Å²) in [5, 5.41) is 53.7. The predicted molar refractivity (Wildman–Crippen MR) is 97.3 cm³/mol. The van der Waals surface area contributed by atoms with E-state index >= 15 is 0 Å². The van der Waals surface area contributed by atoms with Crippen LogP contribution in [0.1, 0.15) is 30.9 Å². The molecule has 7 N–H and O–H groups in total. The lowest BCUT2D eigenvalue weighted by molar-refractivity contribution is -0.152. The zero-order valence-electron chi connectivity index (χ0n) is 15.3. The highest BCUT2D eigenvalue weighted by molar-refractivity contribution is 6.22. The number of nitrogens with two attached hydrogens (primary N) is 1. The van der Waals surface area contributed by atoms with Crippen LogP contribution >= 0.6 is 0 Å². The number of carbonyl (C=O) groups is 3. The van der Waals surface area contributed by atoms with Gasteiger partial charge in [0.05, 0.1) is 11.2 Å². The van der Waals surface area contributed by atoms with E-state index in [1.807, 2.05) is 0 Å². The molecule has 1 aromatic carbocycles. The van der Waals surface area contributed by atoms with E-state index in [0.29, 0.717) is 0 Å². The van der Waals surface area contributed by atoms with Crippen LogP contribution < -0.4 is 5.73 Å². The molecule has 1 aromatic rings. The summed E-state index contributed by atoms with van der Waals surface area (Å²) < 4.78 is 0. The molecule has 4 rings (SSSR count). The van der Waals surface area contributed by atoms with Gasteiger partial charge in [-0.2, -0.15) is 0 Å². The molecular weight excluding hydrogens is 382 g/mol. The Balaban J connectivity index is 2.01. The van der Waals surface area contributed by atoms with Crippen molar-refractivity contribution >= 4 is 23.2 Å². The standard InChI is InChI=1S/C20H19NO8/c1-19(28)8-3-2-4-10(22)12(8)15(24)13-9(19)5-7-6-11(23)14(18(21)27)17(26)20(7,29)16(13)25/h2-4,7,9,22,24,26,28-29H,5-6H2,1H3,(H2,21,27)/t7-,9-,19-,20-/m0/s1. The van der Waals surface area contributed by atoms with Crippen molar-refractivity contribution in [1.29, 1.82) is 0 Å². The van der Waals surface area contributed by atoms with Crippen molar-refractivity contribution in [2.45, 2.75) is 31.0 Å². The van der Waals surface area contributed by atoms with Crippen molar-refractivity contribution in [2.75, 3.05) is 0 Å². The number of benzene rings is 1. The van der Waals surface area contributed by atoms with Gasteiger partial charge in [0.1, 0.15) is 22.8 Å². The van der Waals surface area contributed by atoms with Gasteiger partial charge in [0.25, 0.3) is 5.91 Å². The second-order valence-electron chi connectivity index (χ2n) is 7.91. The first-order valence-electron chi connectivity index (χ1n) is 8.96. The van der Waals surface area contributed by atoms with E-state index in [0.717, 1.165) is 0 Å². The lowest BCUT2D eigenvalue weighted by Crippen LogP contribution is -2.60. The molecule has 0 saturated heterocycles. The van der Waals surface area contributed by atoms with Crippen LogP contribution in [-0.2, 0) is 20.0 Å². The number of amides is 1. The van der Waals surface area contributed by atoms with E-state index < -0.39 is 69.6 Å². The average Bonchev–Trinajstić information content (AvgIpc) is 2.62. The Morgan fingerprint density at radius 1 is 1.17 bits per heavy atom. The first-order valence-corrected chi connectivity index (χ1v) is 8.96. The Hall–Kier alpha value is -3.17. The Bertz CT molecular complexity index is 1070. The molecule has 3 aliphatic rings. The first-order chi connectivity index (χ1) is 13.4. The van der Waals surface area contributed by atoms with Crippen LogP contribution in [0.15, 0.2) is 35.1 Å². The molecule has 0 bridgehead atoms. The molecule has 29 heavy (non-hydrogen) atoms. The summed E-state index contributed by atoms with van der Waals surface area (Å²) in [6, 6.07) is 4.22. The van der Waals surface area contributed by atoms with Gasteiger partial charge in [-0.3, -0.25) is 14.4 Å². The Labute approximate surface area is 164 Å². The number of phenolic OH excluding ortho intramolecular Hbond substituents is 1. The van der Waals surface area contributed by atoms with Gasteiger partial charge in [-0.05, 0) is 25.0 Å². The maximum atomic E-state index is 13.3. The molecule has 1 fully saturated rings. The van der Waals surface area contributed by atoms with Gasteiger partial charge in [-0.25, -0.2) is 0 Å². The number of primary amides is 1. The van der Waals surface area contributed by atoms with Gasteiger partial charge in [-0.1, -0.05) is 12.1 Å². The lowest BCUT2D eigenvalue weighted by atomic mass is 9.56. The van der Waals surface area contributed by atoms with Gasteiger partial charge < -0.3 is 31.3 Å². The van der Waals surface area contributed by atoms with Crippen LogP contribution in [-0.4, -0.2) is 48.6 Å². The van der Waals surface area contributed by atoms with Crippen LogP contribution in [0.4, 0.5) is 0 Å². The predicted octanol–water partition coefficient (Wildman–Crippen LogP) is 0.0889. The van der Waals surface area contributed by atoms with E-state index in [1.165, 1.54) is 25.1 Å². The zero-order valence-corrected chi connectivity index (χ0v) is 15.3. The number of hydrogen-bond donors (Lipinski definition) is 6. The third-order valence-electron chi connectivity index (χ3n) is 6.36. The van der Waals surface area contributed by atoms with Crippen molar-refractivity contribution in [3.8, 4) is 5.75 Å².